The van der Waals surface area contributed by atoms with Crippen LogP contribution in [0.1, 0.15) is 323 Å². The van der Waals surface area contributed by atoms with Crippen molar-refractivity contribution in [3.8, 4) is 0 Å². The predicted octanol–water partition coefficient (Wildman–Crippen LogP) is 20.0. The van der Waals surface area contributed by atoms with Crippen molar-refractivity contribution < 1.29 is 28.6 Å². The van der Waals surface area contributed by atoms with Crippen LogP contribution in [0.25, 0.3) is 0 Å². The van der Waals surface area contributed by atoms with Gasteiger partial charge in [0.2, 0.25) is 0 Å². The summed E-state index contributed by atoms with van der Waals surface area (Å²) >= 11 is 0. The summed E-state index contributed by atoms with van der Waals surface area (Å²) in [5, 5.41) is 0. The van der Waals surface area contributed by atoms with Gasteiger partial charge in [-0.3, -0.25) is 14.4 Å². The van der Waals surface area contributed by atoms with Gasteiger partial charge in [0.15, 0.2) is 6.10 Å². The molecule has 0 aromatic carbocycles. The number of hydrogen-bond donors (Lipinski definition) is 0. The molecule has 0 aromatic rings. The quantitative estimate of drug-likeness (QED) is 0.0262. The van der Waals surface area contributed by atoms with E-state index in [2.05, 4.69) is 57.2 Å². The topological polar surface area (TPSA) is 78.9 Å². The predicted molar refractivity (Wildman–Crippen MR) is 293 cm³/mol. The standard InChI is InChI=1S/C62H114O6/c1-4-7-10-13-16-19-22-25-28-30-31-33-34-37-40-43-46-49-52-55-61(64)67-58-59(57-66-60(63)54-51-48-45-42-39-36-27-24-21-18-15-12-9-6-3)68-62(65)56-53-50-47-44-41-38-35-32-29-26-23-20-17-14-11-8-5-2/h16,19,25-26,28-29,59H,4-15,17-18,20-24,27,30-58H2,1-3H3/b19-16+,28-25+,29-26+/t59-/m1/s1. The highest BCUT2D eigenvalue weighted by molar-refractivity contribution is 5.71. The van der Waals surface area contributed by atoms with E-state index in [1.165, 1.54) is 218 Å². The van der Waals surface area contributed by atoms with Gasteiger partial charge in [0.05, 0.1) is 0 Å². The fraction of sp³-hybridized carbons (Fsp3) is 0.855. The molecule has 6 heteroatoms. The van der Waals surface area contributed by atoms with Gasteiger partial charge in [-0.2, -0.15) is 0 Å². The smallest absolute Gasteiger partial charge is 0.306 e. The highest BCUT2D eigenvalue weighted by atomic mass is 16.6. The van der Waals surface area contributed by atoms with E-state index < -0.39 is 6.10 Å². The highest BCUT2D eigenvalue weighted by Gasteiger charge is 2.19. The second kappa shape index (κ2) is 57.2. The van der Waals surface area contributed by atoms with Crippen LogP contribution in [0.15, 0.2) is 36.5 Å². The van der Waals surface area contributed by atoms with E-state index in [0.29, 0.717) is 19.3 Å². The molecule has 0 saturated heterocycles. The first kappa shape index (κ1) is 65.6. The van der Waals surface area contributed by atoms with E-state index in [-0.39, 0.29) is 31.1 Å². The van der Waals surface area contributed by atoms with Crippen molar-refractivity contribution in [2.24, 2.45) is 0 Å². The number of unbranched alkanes of at least 4 members (excludes halogenated alkanes) is 38. The summed E-state index contributed by atoms with van der Waals surface area (Å²) in [5.74, 6) is -0.860. The normalized spacial score (nSPS) is 12.2. The Morgan fingerprint density at radius 2 is 0.529 bits per heavy atom. The van der Waals surface area contributed by atoms with Gasteiger partial charge < -0.3 is 14.2 Å². The molecule has 0 fully saturated rings. The average Bonchev–Trinajstić information content (AvgIpc) is 3.34. The summed E-state index contributed by atoms with van der Waals surface area (Å²) in [6, 6.07) is 0. The number of rotatable bonds is 55. The van der Waals surface area contributed by atoms with Crippen LogP contribution in [0, 0.1) is 0 Å². The van der Waals surface area contributed by atoms with Gasteiger partial charge >= 0.3 is 17.9 Å². The SMILES string of the molecule is CCCCC/C=C/C/C=C/CCCCCCCCCCCC(=O)OC[C@@H](COC(=O)CCCCCCCCCCCCCCCC)OC(=O)CCCCCCCCC/C=C/CCCCCCCC. The second-order valence-electron chi connectivity index (χ2n) is 20.3. The molecule has 0 aliphatic carbocycles. The molecule has 1 atom stereocenters. The molecule has 6 nitrogen and oxygen atoms in total. The maximum Gasteiger partial charge on any atom is 0.306 e. The number of carbonyl (C=O) groups is 3. The molecular weight excluding hydrogens is 841 g/mol. The Bertz CT molecular complexity index is 1140. The van der Waals surface area contributed by atoms with Crippen LogP contribution in [0.4, 0.5) is 0 Å². The number of allylic oxidation sites excluding steroid dienone is 6. The number of ether oxygens (including phenoxy) is 3. The maximum atomic E-state index is 12.9. The zero-order chi connectivity index (χ0) is 49.3. The molecule has 0 heterocycles. The van der Waals surface area contributed by atoms with Gasteiger partial charge in [-0.25, -0.2) is 0 Å². The van der Waals surface area contributed by atoms with Crippen molar-refractivity contribution in [2.45, 2.75) is 329 Å². The van der Waals surface area contributed by atoms with Crippen LogP contribution in [-0.4, -0.2) is 37.2 Å². The van der Waals surface area contributed by atoms with Crippen LogP contribution in [0.3, 0.4) is 0 Å². The first-order chi connectivity index (χ1) is 33.5. The lowest BCUT2D eigenvalue weighted by Gasteiger charge is -2.18. The zero-order valence-corrected chi connectivity index (χ0v) is 45.6. The molecule has 0 aliphatic rings. The third kappa shape index (κ3) is 54.6. The molecule has 0 rings (SSSR count). The van der Waals surface area contributed by atoms with Crippen molar-refractivity contribution in [3.05, 3.63) is 36.5 Å². The monoisotopic (exact) mass is 955 g/mol. The van der Waals surface area contributed by atoms with Gasteiger partial charge in [0.1, 0.15) is 13.2 Å². The minimum atomic E-state index is -0.773. The molecule has 0 spiro atoms. The Kier molecular flexibility index (Phi) is 55.2. The Balaban J connectivity index is 4.34. The van der Waals surface area contributed by atoms with E-state index >= 15 is 0 Å². The molecule has 0 aliphatic heterocycles. The van der Waals surface area contributed by atoms with Gasteiger partial charge in [-0.05, 0) is 77.0 Å². The summed E-state index contributed by atoms with van der Waals surface area (Å²) in [6.45, 7) is 6.65. The van der Waals surface area contributed by atoms with E-state index in [1.54, 1.807) is 0 Å². The number of hydrogen-bond acceptors (Lipinski definition) is 6. The van der Waals surface area contributed by atoms with Crippen molar-refractivity contribution in [3.63, 3.8) is 0 Å². The Morgan fingerprint density at radius 3 is 0.853 bits per heavy atom. The van der Waals surface area contributed by atoms with Gasteiger partial charge in [0.25, 0.3) is 0 Å². The summed E-state index contributed by atoms with van der Waals surface area (Å²) in [7, 11) is 0. The number of esters is 3. The Morgan fingerprint density at radius 1 is 0.294 bits per heavy atom. The summed E-state index contributed by atoms with van der Waals surface area (Å²) in [6.07, 6.45) is 68.4. The van der Waals surface area contributed by atoms with Crippen LogP contribution in [-0.2, 0) is 28.6 Å². The molecule has 0 amide bonds. The summed E-state index contributed by atoms with van der Waals surface area (Å²) in [5.41, 5.74) is 0. The van der Waals surface area contributed by atoms with Gasteiger partial charge in [-0.15, -0.1) is 0 Å². The molecule has 0 radical (unpaired) electrons. The minimum absolute atomic E-state index is 0.0712. The van der Waals surface area contributed by atoms with Crippen molar-refractivity contribution in [1.29, 1.82) is 0 Å². The Hall–Kier alpha value is -2.37. The van der Waals surface area contributed by atoms with Crippen molar-refractivity contribution >= 4 is 17.9 Å². The average molecular weight is 956 g/mol. The van der Waals surface area contributed by atoms with E-state index in [4.69, 9.17) is 14.2 Å². The fourth-order valence-electron chi connectivity index (χ4n) is 8.82. The van der Waals surface area contributed by atoms with Gasteiger partial charge in [-0.1, -0.05) is 263 Å². The zero-order valence-electron chi connectivity index (χ0n) is 45.6. The summed E-state index contributed by atoms with van der Waals surface area (Å²) < 4.78 is 16.9. The molecule has 0 N–H and O–H groups in total. The van der Waals surface area contributed by atoms with E-state index in [9.17, 15) is 14.4 Å². The molecule has 0 aromatic heterocycles. The second-order valence-corrected chi connectivity index (χ2v) is 20.3. The van der Waals surface area contributed by atoms with Crippen molar-refractivity contribution in [2.75, 3.05) is 13.2 Å². The largest absolute Gasteiger partial charge is 0.462 e. The molecule has 0 bridgehead atoms. The first-order valence-corrected chi connectivity index (χ1v) is 30.0. The summed E-state index contributed by atoms with van der Waals surface area (Å²) in [4.78, 5) is 38.2. The van der Waals surface area contributed by atoms with Crippen LogP contribution in [0.2, 0.25) is 0 Å². The molecule has 68 heavy (non-hydrogen) atoms. The lowest BCUT2D eigenvalue weighted by atomic mass is 10.0. The Labute approximate surface area is 423 Å². The molecule has 0 unspecified atom stereocenters. The molecule has 398 valence electrons. The van der Waals surface area contributed by atoms with E-state index in [0.717, 1.165) is 64.2 Å². The fourth-order valence-corrected chi connectivity index (χ4v) is 8.82. The van der Waals surface area contributed by atoms with Crippen LogP contribution >= 0.6 is 0 Å². The third-order valence-electron chi connectivity index (χ3n) is 13.4. The van der Waals surface area contributed by atoms with E-state index in [1.807, 2.05) is 0 Å². The third-order valence-corrected chi connectivity index (χ3v) is 13.4. The highest BCUT2D eigenvalue weighted by Crippen LogP contribution is 2.16. The first-order valence-electron chi connectivity index (χ1n) is 30.0. The number of carbonyl (C=O) groups excluding carboxylic acids is 3. The molecule has 0 saturated carbocycles. The minimum Gasteiger partial charge on any atom is -0.462 e. The van der Waals surface area contributed by atoms with Gasteiger partial charge in [0, 0.05) is 19.3 Å². The molecular formula is C62H114O6. The lowest BCUT2D eigenvalue weighted by molar-refractivity contribution is -0.167. The lowest BCUT2D eigenvalue weighted by Crippen LogP contribution is -2.30. The van der Waals surface area contributed by atoms with Crippen molar-refractivity contribution in [1.82, 2.24) is 0 Å². The van der Waals surface area contributed by atoms with Crippen LogP contribution in [0.5, 0.6) is 0 Å². The van der Waals surface area contributed by atoms with Crippen LogP contribution < -0.4 is 0 Å². The maximum absolute atomic E-state index is 12.9.